The average molecular weight is 601 g/mol. The van der Waals surface area contributed by atoms with Crippen molar-refractivity contribution in [3.8, 4) is 34.2 Å². The monoisotopic (exact) mass is 600 g/mol. The van der Waals surface area contributed by atoms with Crippen LogP contribution in [0.25, 0.3) is 99.3 Å². The van der Waals surface area contributed by atoms with Crippen LogP contribution >= 0.6 is 0 Å². The molecule has 3 heterocycles. The Morgan fingerprint density at radius 2 is 1.09 bits per heavy atom. The van der Waals surface area contributed by atoms with Crippen molar-refractivity contribution >= 4 is 65.2 Å². The van der Waals surface area contributed by atoms with Gasteiger partial charge in [-0.05, 0) is 62.6 Å². The SMILES string of the molecule is c1ccc2cc(-c3nc(-c4cnc5ccc6c7ccccc7ccc6c5c4)nc(-c4cccc5oc6ccccc6c45)n3)ccc2c1. The number of pyridine rings is 1. The molecule has 7 aromatic carbocycles. The van der Waals surface area contributed by atoms with Gasteiger partial charge in [-0.15, -0.1) is 0 Å². The molecule has 10 rings (SSSR count). The predicted octanol–water partition coefficient (Wildman–Crippen LogP) is 10.8. The van der Waals surface area contributed by atoms with Crippen molar-refractivity contribution in [2.75, 3.05) is 0 Å². The standard InChI is InChI=1S/C42H24N4O/c1-2-10-27-22-28(17-16-25(27)8-1)40-44-41(46-42(45-40)34-13-7-15-38-39(34)33-12-5-6-14-37(33)47-38)29-23-35-32-19-18-26-9-3-4-11-30(26)31(32)20-21-36(35)43-24-29/h1-24H. The van der Waals surface area contributed by atoms with E-state index in [0.29, 0.717) is 17.5 Å². The van der Waals surface area contributed by atoms with Crippen molar-refractivity contribution in [3.05, 3.63) is 146 Å². The molecule has 0 atom stereocenters. The number of nitrogens with zero attached hydrogens (tertiary/aromatic N) is 4. The van der Waals surface area contributed by atoms with Gasteiger partial charge in [-0.2, -0.15) is 0 Å². The Kier molecular flexibility index (Phi) is 5.51. The van der Waals surface area contributed by atoms with Crippen molar-refractivity contribution < 1.29 is 4.42 Å². The lowest BCUT2D eigenvalue weighted by molar-refractivity contribution is 0.669. The molecular formula is C42H24N4O. The van der Waals surface area contributed by atoms with Crippen LogP contribution in [-0.2, 0) is 0 Å². The molecule has 5 nitrogen and oxygen atoms in total. The van der Waals surface area contributed by atoms with Gasteiger partial charge in [0, 0.05) is 39.0 Å². The Balaban J connectivity index is 1.24. The molecule has 0 aliphatic heterocycles. The first-order valence-electron chi connectivity index (χ1n) is 15.6. The van der Waals surface area contributed by atoms with Crippen molar-refractivity contribution in [2.24, 2.45) is 0 Å². The van der Waals surface area contributed by atoms with Crippen LogP contribution in [-0.4, -0.2) is 19.9 Å². The van der Waals surface area contributed by atoms with Crippen LogP contribution < -0.4 is 0 Å². The highest BCUT2D eigenvalue weighted by Gasteiger charge is 2.18. The van der Waals surface area contributed by atoms with E-state index in [1.807, 2.05) is 36.5 Å². The Hall–Kier alpha value is -6.46. The molecule has 5 heteroatoms. The van der Waals surface area contributed by atoms with Crippen LogP contribution in [0.4, 0.5) is 0 Å². The van der Waals surface area contributed by atoms with Gasteiger partial charge in [0.1, 0.15) is 11.2 Å². The van der Waals surface area contributed by atoms with Crippen LogP contribution in [0.5, 0.6) is 0 Å². The first kappa shape index (κ1) is 25.8. The van der Waals surface area contributed by atoms with Crippen LogP contribution in [0.2, 0.25) is 0 Å². The van der Waals surface area contributed by atoms with Gasteiger partial charge in [0.15, 0.2) is 17.5 Å². The third-order valence-electron chi connectivity index (χ3n) is 9.13. The highest BCUT2D eigenvalue weighted by atomic mass is 16.3. The van der Waals surface area contributed by atoms with E-state index in [1.54, 1.807) is 0 Å². The number of hydrogen-bond acceptors (Lipinski definition) is 5. The maximum atomic E-state index is 6.23. The van der Waals surface area contributed by atoms with Gasteiger partial charge < -0.3 is 4.42 Å². The fourth-order valence-electron chi connectivity index (χ4n) is 6.86. The minimum atomic E-state index is 0.565. The number of fused-ring (bicyclic) bond motifs is 9. The quantitative estimate of drug-likeness (QED) is 0.189. The van der Waals surface area contributed by atoms with Gasteiger partial charge >= 0.3 is 0 Å². The Labute approximate surface area is 268 Å². The van der Waals surface area contributed by atoms with Crippen LogP contribution in [0, 0.1) is 0 Å². The van der Waals surface area contributed by atoms with Gasteiger partial charge in [0.2, 0.25) is 0 Å². The van der Waals surface area contributed by atoms with E-state index < -0.39 is 0 Å². The summed E-state index contributed by atoms with van der Waals surface area (Å²) in [6.07, 6.45) is 1.87. The number of furan rings is 1. The molecule has 0 unspecified atom stereocenters. The van der Waals surface area contributed by atoms with Crippen molar-refractivity contribution in [1.82, 2.24) is 19.9 Å². The van der Waals surface area contributed by atoms with Crippen molar-refractivity contribution in [3.63, 3.8) is 0 Å². The van der Waals surface area contributed by atoms with Gasteiger partial charge in [-0.25, -0.2) is 15.0 Å². The minimum absolute atomic E-state index is 0.565. The summed E-state index contributed by atoms with van der Waals surface area (Å²) < 4.78 is 6.23. The molecule has 0 aliphatic carbocycles. The second kappa shape index (κ2) is 10.0. The van der Waals surface area contributed by atoms with Gasteiger partial charge in [0.05, 0.1) is 5.52 Å². The molecule has 0 bridgehead atoms. The second-order valence-corrected chi connectivity index (χ2v) is 11.9. The topological polar surface area (TPSA) is 64.7 Å². The minimum Gasteiger partial charge on any atom is -0.456 e. The molecule has 0 amide bonds. The lowest BCUT2D eigenvalue weighted by Gasteiger charge is -2.11. The third-order valence-corrected chi connectivity index (χ3v) is 9.13. The molecule has 10 aromatic rings. The molecule has 0 saturated carbocycles. The summed E-state index contributed by atoms with van der Waals surface area (Å²) >= 11 is 0. The van der Waals surface area contributed by atoms with Crippen molar-refractivity contribution in [2.45, 2.75) is 0 Å². The zero-order chi connectivity index (χ0) is 30.9. The number of hydrogen-bond donors (Lipinski definition) is 0. The molecule has 0 N–H and O–H groups in total. The van der Waals surface area contributed by atoms with Crippen molar-refractivity contribution in [1.29, 1.82) is 0 Å². The van der Waals surface area contributed by atoms with E-state index in [-0.39, 0.29) is 0 Å². The third kappa shape index (κ3) is 4.10. The largest absolute Gasteiger partial charge is 0.456 e. The van der Waals surface area contributed by atoms with E-state index in [9.17, 15) is 0 Å². The molecule has 218 valence electrons. The van der Waals surface area contributed by atoms with E-state index in [0.717, 1.165) is 60.3 Å². The first-order valence-corrected chi connectivity index (χ1v) is 15.6. The fraction of sp³-hybridized carbons (Fsp3) is 0. The maximum absolute atomic E-state index is 6.23. The molecule has 0 spiro atoms. The highest BCUT2D eigenvalue weighted by molar-refractivity contribution is 6.17. The Morgan fingerprint density at radius 1 is 0.404 bits per heavy atom. The molecule has 0 saturated heterocycles. The fourth-order valence-corrected chi connectivity index (χ4v) is 6.86. The van der Waals surface area contributed by atoms with Gasteiger partial charge in [0.25, 0.3) is 0 Å². The number of rotatable bonds is 3. The average Bonchev–Trinajstić information content (AvgIpc) is 3.53. The van der Waals surface area contributed by atoms with E-state index in [1.165, 1.54) is 21.5 Å². The first-order chi connectivity index (χ1) is 23.3. The predicted molar refractivity (Wildman–Crippen MR) is 191 cm³/mol. The van der Waals surface area contributed by atoms with E-state index in [4.69, 9.17) is 24.4 Å². The molecule has 3 aromatic heterocycles. The molecule has 0 radical (unpaired) electrons. The summed E-state index contributed by atoms with van der Waals surface area (Å²) in [5.41, 5.74) is 5.19. The van der Waals surface area contributed by atoms with E-state index in [2.05, 4.69) is 109 Å². The summed E-state index contributed by atoms with van der Waals surface area (Å²) in [6, 6.07) is 48.1. The summed E-state index contributed by atoms with van der Waals surface area (Å²) in [7, 11) is 0. The van der Waals surface area contributed by atoms with Gasteiger partial charge in [-0.3, -0.25) is 4.98 Å². The second-order valence-electron chi connectivity index (χ2n) is 11.9. The molecule has 0 fully saturated rings. The summed E-state index contributed by atoms with van der Waals surface area (Å²) in [5, 5.41) is 10.1. The molecular weight excluding hydrogens is 576 g/mol. The van der Waals surface area contributed by atoms with Crippen LogP contribution in [0.15, 0.2) is 150 Å². The maximum Gasteiger partial charge on any atom is 0.165 e. The van der Waals surface area contributed by atoms with Gasteiger partial charge in [-0.1, -0.05) is 109 Å². The smallest absolute Gasteiger partial charge is 0.165 e. The zero-order valence-corrected chi connectivity index (χ0v) is 25.1. The van der Waals surface area contributed by atoms with E-state index >= 15 is 0 Å². The normalized spacial score (nSPS) is 11.8. The Morgan fingerprint density at radius 3 is 2.00 bits per heavy atom. The number of benzene rings is 7. The van der Waals surface area contributed by atoms with Crippen LogP contribution in [0.3, 0.4) is 0 Å². The lowest BCUT2D eigenvalue weighted by Crippen LogP contribution is -2.01. The Bertz CT molecular complexity index is 2870. The molecule has 47 heavy (non-hydrogen) atoms. The summed E-state index contributed by atoms with van der Waals surface area (Å²) in [4.78, 5) is 20.2. The molecule has 0 aliphatic rings. The number of aromatic nitrogens is 4. The van der Waals surface area contributed by atoms with Crippen LogP contribution in [0.1, 0.15) is 0 Å². The highest BCUT2D eigenvalue weighted by Crippen LogP contribution is 2.37. The number of para-hydroxylation sites is 1. The summed E-state index contributed by atoms with van der Waals surface area (Å²) in [5.74, 6) is 1.75. The zero-order valence-electron chi connectivity index (χ0n) is 25.1. The lowest BCUT2D eigenvalue weighted by atomic mass is 9.98. The summed E-state index contributed by atoms with van der Waals surface area (Å²) in [6.45, 7) is 0.